The highest BCUT2D eigenvalue weighted by molar-refractivity contribution is 6.26. The van der Waals surface area contributed by atoms with E-state index in [0.29, 0.717) is 44.2 Å². The number of rotatable bonds is 4. The fraction of sp³-hybridized carbons (Fsp3) is 0.143. The van der Waals surface area contributed by atoms with Gasteiger partial charge in [0.25, 0.3) is 0 Å². The van der Waals surface area contributed by atoms with Crippen LogP contribution in [0.15, 0.2) is 40.1 Å². The minimum atomic E-state index is -0.376. The Morgan fingerprint density at radius 1 is 0.622 bits per heavy atom. The van der Waals surface area contributed by atoms with Gasteiger partial charge in [0.15, 0.2) is 0 Å². The molecule has 0 unspecified atom stereocenters. The van der Waals surface area contributed by atoms with Crippen molar-refractivity contribution in [2.75, 3.05) is 10.6 Å². The van der Waals surface area contributed by atoms with Crippen molar-refractivity contribution in [3.8, 4) is 23.0 Å². The zero-order valence-electron chi connectivity index (χ0n) is 20.5. The van der Waals surface area contributed by atoms with Gasteiger partial charge in [-0.1, -0.05) is 0 Å². The summed E-state index contributed by atoms with van der Waals surface area (Å²) in [5, 5.41) is 46.2. The number of aromatic hydroxyl groups is 4. The third kappa shape index (κ3) is 3.81. The molecule has 0 saturated carbocycles. The average Bonchev–Trinajstić information content (AvgIpc) is 3.14. The molecule has 3 aromatic rings. The van der Waals surface area contributed by atoms with E-state index in [-0.39, 0.29) is 57.3 Å². The molecule has 0 spiro atoms. The molecule has 2 aromatic carbocycles. The quantitative estimate of drug-likeness (QED) is 0.234. The van der Waals surface area contributed by atoms with Crippen molar-refractivity contribution >= 4 is 46.2 Å². The van der Waals surface area contributed by atoms with Crippen LogP contribution in [0.2, 0.25) is 0 Å². The lowest BCUT2D eigenvalue weighted by Gasteiger charge is -2.20. The van der Waals surface area contributed by atoms with Crippen LogP contribution in [0.3, 0.4) is 0 Å². The lowest BCUT2D eigenvalue weighted by molar-refractivity contribution is -0.110. The van der Waals surface area contributed by atoms with Gasteiger partial charge in [-0.05, 0) is 62.1 Å². The summed E-state index contributed by atoms with van der Waals surface area (Å²) >= 11 is 0. The standard InChI is InChI=1S/C28H24N2O7/c1-11-5-15(31)7-17(33)25(11)29-27-13(3)23-21(9-19(27)35)37-22-10-20(36)28(14(4)24(22)23)30-26-12(2)6-16(32)8-18(26)34/h5-10,29-34H,1-4H3. The van der Waals surface area contributed by atoms with Crippen LogP contribution in [-0.2, 0) is 9.59 Å². The zero-order valence-corrected chi connectivity index (χ0v) is 20.5. The summed E-state index contributed by atoms with van der Waals surface area (Å²) in [5.41, 5.74) is 4.99. The third-order valence-corrected chi connectivity index (χ3v) is 6.58. The molecule has 6 N–H and O–H groups in total. The number of hydrogen-bond acceptors (Lipinski definition) is 9. The van der Waals surface area contributed by atoms with Crippen molar-refractivity contribution in [3.05, 3.63) is 68.7 Å². The van der Waals surface area contributed by atoms with Gasteiger partial charge in [-0.2, -0.15) is 0 Å². The van der Waals surface area contributed by atoms with E-state index in [2.05, 4.69) is 10.6 Å². The van der Waals surface area contributed by atoms with Crippen molar-refractivity contribution in [1.82, 2.24) is 0 Å². The van der Waals surface area contributed by atoms with Crippen molar-refractivity contribution < 1.29 is 34.4 Å². The van der Waals surface area contributed by atoms with Crippen LogP contribution in [0, 0.1) is 13.8 Å². The highest BCUT2D eigenvalue weighted by atomic mass is 16.3. The van der Waals surface area contributed by atoms with E-state index in [1.807, 2.05) is 0 Å². The van der Waals surface area contributed by atoms with E-state index in [4.69, 9.17) is 4.42 Å². The molecule has 5 rings (SSSR count). The lowest BCUT2D eigenvalue weighted by Crippen LogP contribution is -2.23. The smallest absolute Gasteiger partial charge is 0.206 e. The Balaban J connectivity index is 1.65. The molecular weight excluding hydrogens is 476 g/mol. The first kappa shape index (κ1) is 23.8. The molecule has 2 aliphatic carbocycles. The maximum atomic E-state index is 13.0. The number of benzene rings is 2. The van der Waals surface area contributed by atoms with Crippen LogP contribution in [0.5, 0.6) is 23.0 Å². The highest BCUT2D eigenvalue weighted by Crippen LogP contribution is 2.37. The second-order valence-corrected chi connectivity index (χ2v) is 9.16. The first-order valence-electron chi connectivity index (χ1n) is 11.4. The number of carbonyl (C=O) groups excluding carboxylic acids is 2. The number of allylic oxidation sites excluding steroid dienone is 4. The Labute approximate surface area is 211 Å². The maximum absolute atomic E-state index is 13.0. The Morgan fingerprint density at radius 3 is 1.35 bits per heavy atom. The molecule has 9 nitrogen and oxygen atoms in total. The summed E-state index contributed by atoms with van der Waals surface area (Å²) in [7, 11) is 0. The Morgan fingerprint density at radius 2 is 1.00 bits per heavy atom. The SMILES string of the molecule is CC1=C(Nc2c(C)cc(O)cc2O)C(=O)C=c2oc3c(c21)C(C)=C(Nc1c(C)cc(O)cc1O)C(=O)C=3. The molecule has 37 heavy (non-hydrogen) atoms. The average molecular weight is 501 g/mol. The van der Waals surface area contributed by atoms with E-state index in [0.717, 1.165) is 0 Å². The number of phenolic OH excluding ortho intramolecular Hbond substituents is 4. The van der Waals surface area contributed by atoms with Crippen LogP contribution in [0.4, 0.5) is 11.4 Å². The van der Waals surface area contributed by atoms with Gasteiger partial charge in [0.2, 0.25) is 11.6 Å². The van der Waals surface area contributed by atoms with Crippen molar-refractivity contribution in [3.63, 3.8) is 0 Å². The van der Waals surface area contributed by atoms with E-state index in [1.165, 1.54) is 36.4 Å². The van der Waals surface area contributed by atoms with Gasteiger partial charge in [0, 0.05) is 35.4 Å². The fourth-order valence-electron chi connectivity index (χ4n) is 4.80. The van der Waals surface area contributed by atoms with Gasteiger partial charge in [0.05, 0.1) is 22.8 Å². The number of nitrogens with one attached hydrogen (secondary N) is 2. The number of phenols is 4. The second-order valence-electron chi connectivity index (χ2n) is 9.16. The molecule has 0 bridgehead atoms. The van der Waals surface area contributed by atoms with Crippen LogP contribution < -0.4 is 21.5 Å². The van der Waals surface area contributed by atoms with E-state index >= 15 is 0 Å². The summed E-state index contributed by atoms with van der Waals surface area (Å²) in [6, 6.07) is 5.29. The first-order valence-corrected chi connectivity index (χ1v) is 11.4. The Kier molecular flexibility index (Phi) is 5.36. The molecule has 188 valence electrons. The number of ketones is 2. The predicted octanol–water partition coefficient (Wildman–Crippen LogP) is 3.13. The van der Waals surface area contributed by atoms with Crippen LogP contribution in [-0.4, -0.2) is 32.0 Å². The van der Waals surface area contributed by atoms with Crippen molar-refractivity contribution in [2.45, 2.75) is 27.7 Å². The number of anilines is 2. The molecule has 0 saturated heterocycles. The summed E-state index contributed by atoms with van der Waals surface area (Å²) in [6.07, 6.45) is 2.65. The molecule has 0 radical (unpaired) electrons. The second kappa shape index (κ2) is 8.34. The number of carbonyl (C=O) groups is 2. The van der Waals surface area contributed by atoms with Gasteiger partial charge < -0.3 is 35.5 Å². The van der Waals surface area contributed by atoms with Crippen molar-refractivity contribution in [1.29, 1.82) is 0 Å². The van der Waals surface area contributed by atoms with Gasteiger partial charge in [-0.3, -0.25) is 9.59 Å². The number of hydrogen-bond donors (Lipinski definition) is 6. The predicted molar refractivity (Wildman–Crippen MR) is 138 cm³/mol. The maximum Gasteiger partial charge on any atom is 0.206 e. The molecule has 1 aromatic heterocycles. The zero-order chi connectivity index (χ0) is 26.8. The minimum Gasteiger partial charge on any atom is -0.508 e. The monoisotopic (exact) mass is 500 g/mol. The third-order valence-electron chi connectivity index (χ3n) is 6.58. The van der Waals surface area contributed by atoms with Gasteiger partial charge in [-0.15, -0.1) is 0 Å². The van der Waals surface area contributed by atoms with Gasteiger partial charge in [0.1, 0.15) is 33.8 Å². The number of aryl methyl sites for hydroxylation is 2. The molecule has 2 aliphatic rings. The normalized spacial score (nSPS) is 14.7. The van der Waals surface area contributed by atoms with Gasteiger partial charge in [-0.25, -0.2) is 0 Å². The Bertz CT molecular complexity index is 1570. The molecule has 0 fully saturated rings. The molecule has 0 atom stereocenters. The van der Waals surface area contributed by atoms with Crippen molar-refractivity contribution in [2.24, 2.45) is 0 Å². The molecular formula is C28H24N2O7. The van der Waals surface area contributed by atoms with Crippen LogP contribution in [0.25, 0.3) is 23.3 Å². The number of Topliss-reactive ketones (excluding diaryl/α,β-unsaturated/α-hetero) is 2. The summed E-state index contributed by atoms with van der Waals surface area (Å²) in [5.74, 6) is -1.38. The topological polar surface area (TPSA) is 152 Å². The highest BCUT2D eigenvalue weighted by Gasteiger charge is 2.30. The van der Waals surface area contributed by atoms with E-state index < -0.39 is 0 Å². The summed E-state index contributed by atoms with van der Waals surface area (Å²) < 4.78 is 5.89. The van der Waals surface area contributed by atoms with Gasteiger partial charge >= 0.3 is 0 Å². The van der Waals surface area contributed by atoms with Crippen LogP contribution >= 0.6 is 0 Å². The largest absolute Gasteiger partial charge is 0.508 e. The lowest BCUT2D eigenvalue weighted by atomic mass is 9.89. The molecule has 9 heteroatoms. The molecule has 1 heterocycles. The van der Waals surface area contributed by atoms with E-state index in [9.17, 15) is 30.0 Å². The summed E-state index contributed by atoms with van der Waals surface area (Å²) in [4.78, 5) is 26.0. The molecule has 0 aliphatic heterocycles. The minimum absolute atomic E-state index is 0.102. The molecule has 0 amide bonds. The summed E-state index contributed by atoms with van der Waals surface area (Å²) in [6.45, 7) is 6.85. The van der Waals surface area contributed by atoms with E-state index in [1.54, 1.807) is 27.7 Å². The Hall–Kier alpha value is -4.92. The first-order chi connectivity index (χ1) is 17.5. The fourth-order valence-corrected chi connectivity index (χ4v) is 4.80. The number of furan rings is 1. The van der Waals surface area contributed by atoms with Crippen LogP contribution in [0.1, 0.15) is 36.1 Å². The number of fused-ring (bicyclic) bond motifs is 3.